The van der Waals surface area contributed by atoms with Crippen LogP contribution in [-0.2, 0) is 15.4 Å². The van der Waals surface area contributed by atoms with Crippen LogP contribution in [0.4, 0.5) is 5.82 Å². The van der Waals surface area contributed by atoms with Gasteiger partial charge in [-0.15, -0.1) is 0 Å². The van der Waals surface area contributed by atoms with Gasteiger partial charge in [-0.25, -0.2) is 13.1 Å². The number of nitrogens with zero attached hydrogens (tertiary/aromatic N) is 2. The van der Waals surface area contributed by atoms with Gasteiger partial charge in [-0.3, -0.25) is 0 Å². The van der Waals surface area contributed by atoms with E-state index in [9.17, 15) is 8.42 Å². The average Bonchev–Trinajstić information content (AvgIpc) is 2.69. The van der Waals surface area contributed by atoms with Gasteiger partial charge in [0.1, 0.15) is 5.82 Å². The highest BCUT2D eigenvalue weighted by Gasteiger charge is 2.41. The highest BCUT2D eigenvalue weighted by atomic mass is 32.2. The van der Waals surface area contributed by atoms with E-state index in [1.807, 2.05) is 26.8 Å². The van der Waals surface area contributed by atoms with Crippen LogP contribution < -0.4 is 5.73 Å². The predicted octanol–water partition coefficient (Wildman–Crippen LogP) is 1.12. The van der Waals surface area contributed by atoms with E-state index in [1.165, 1.54) is 0 Å². The van der Waals surface area contributed by atoms with Crippen LogP contribution in [0.15, 0.2) is 6.07 Å². The maximum absolute atomic E-state index is 11.6. The molecule has 2 N–H and O–H groups in total. The lowest BCUT2D eigenvalue weighted by molar-refractivity contribution is 0.331. The van der Waals surface area contributed by atoms with E-state index in [0.717, 1.165) is 5.69 Å². The van der Waals surface area contributed by atoms with Gasteiger partial charge in [0, 0.05) is 6.07 Å². The largest absolute Gasteiger partial charge is 0.384 e. The summed E-state index contributed by atoms with van der Waals surface area (Å²) in [6.07, 6.45) is 0.582. The van der Waals surface area contributed by atoms with Crippen LogP contribution in [0.3, 0.4) is 0 Å². The molecule has 1 aromatic rings. The minimum absolute atomic E-state index is 0.128. The number of nitrogens with two attached hydrogens (primary N) is 1. The Labute approximate surface area is 102 Å². The molecule has 0 spiro atoms. The minimum Gasteiger partial charge on any atom is -0.384 e. The number of hydrogen-bond donors (Lipinski definition) is 1. The summed E-state index contributed by atoms with van der Waals surface area (Å²) in [5.41, 5.74) is 6.36. The fraction of sp³-hybridized carbons (Fsp3) is 0.727. The van der Waals surface area contributed by atoms with Gasteiger partial charge in [0.15, 0.2) is 9.84 Å². The summed E-state index contributed by atoms with van der Waals surface area (Å²) < 4.78 is 24.9. The molecule has 1 unspecified atom stereocenters. The Morgan fingerprint density at radius 2 is 2.18 bits per heavy atom. The number of aromatic nitrogens is 2. The molecule has 5 nitrogen and oxygen atoms in total. The normalized spacial score (nSPS) is 27.8. The molecule has 1 saturated heterocycles. The second kappa shape index (κ2) is 3.73. The van der Waals surface area contributed by atoms with Gasteiger partial charge >= 0.3 is 0 Å². The Balaban J connectivity index is 2.41. The first-order valence-electron chi connectivity index (χ1n) is 5.80. The Kier molecular flexibility index (Phi) is 2.72. The monoisotopic (exact) mass is 257 g/mol. The van der Waals surface area contributed by atoms with Gasteiger partial charge in [0.05, 0.1) is 22.7 Å². The van der Waals surface area contributed by atoms with Crippen molar-refractivity contribution in [2.45, 2.75) is 38.6 Å². The summed E-state index contributed by atoms with van der Waals surface area (Å²) in [5.74, 6) is 1.19. The highest BCUT2D eigenvalue weighted by Crippen LogP contribution is 2.33. The molecule has 1 aliphatic rings. The predicted molar refractivity (Wildman–Crippen MR) is 67.6 cm³/mol. The van der Waals surface area contributed by atoms with Crippen molar-refractivity contribution in [2.24, 2.45) is 0 Å². The van der Waals surface area contributed by atoms with Gasteiger partial charge < -0.3 is 5.73 Å². The summed E-state index contributed by atoms with van der Waals surface area (Å²) in [4.78, 5) is 0. The Morgan fingerprint density at radius 3 is 2.59 bits per heavy atom. The Hall–Kier alpha value is -1.04. The van der Waals surface area contributed by atoms with E-state index < -0.39 is 15.4 Å². The van der Waals surface area contributed by atoms with Crippen molar-refractivity contribution < 1.29 is 8.42 Å². The van der Waals surface area contributed by atoms with Crippen LogP contribution in [0.1, 0.15) is 38.8 Å². The van der Waals surface area contributed by atoms with Crippen molar-refractivity contribution in [3.63, 3.8) is 0 Å². The van der Waals surface area contributed by atoms with Crippen LogP contribution in [0.25, 0.3) is 0 Å². The van der Waals surface area contributed by atoms with Gasteiger partial charge in [-0.1, -0.05) is 13.8 Å². The molecule has 96 valence electrons. The SMILES string of the molecule is CC(C)c1cc(N)n(C2(C)CCS(=O)(=O)C2)n1. The molecule has 0 aliphatic carbocycles. The maximum Gasteiger partial charge on any atom is 0.152 e. The second-order valence-corrected chi connectivity index (χ2v) is 7.58. The van der Waals surface area contributed by atoms with Crippen molar-refractivity contribution in [1.82, 2.24) is 9.78 Å². The number of hydrogen-bond acceptors (Lipinski definition) is 4. The van der Waals surface area contributed by atoms with Crippen molar-refractivity contribution in [1.29, 1.82) is 0 Å². The summed E-state index contributed by atoms with van der Waals surface area (Å²) in [6, 6.07) is 1.83. The zero-order valence-corrected chi connectivity index (χ0v) is 11.3. The molecular formula is C11H19N3O2S. The fourth-order valence-electron chi connectivity index (χ4n) is 2.29. The molecular weight excluding hydrogens is 238 g/mol. The third-order valence-corrected chi connectivity index (χ3v) is 5.23. The standard InChI is InChI=1S/C11H19N3O2S/c1-8(2)9-6-10(12)14(13-9)11(3)4-5-17(15,16)7-11/h6,8H,4-5,7,12H2,1-3H3. The van der Waals surface area contributed by atoms with E-state index in [0.29, 0.717) is 18.2 Å². The first-order valence-corrected chi connectivity index (χ1v) is 7.62. The number of sulfone groups is 1. The zero-order chi connectivity index (χ0) is 12.8. The first kappa shape index (κ1) is 12.4. The van der Waals surface area contributed by atoms with Crippen molar-refractivity contribution in [3.8, 4) is 0 Å². The number of anilines is 1. The molecule has 0 radical (unpaired) electrons. The molecule has 2 heterocycles. The smallest absolute Gasteiger partial charge is 0.152 e. The number of nitrogen functional groups attached to an aromatic ring is 1. The molecule has 2 rings (SSSR count). The second-order valence-electron chi connectivity index (χ2n) is 5.40. The van der Waals surface area contributed by atoms with Crippen LogP contribution in [0.2, 0.25) is 0 Å². The lowest BCUT2D eigenvalue weighted by atomic mass is 10.0. The zero-order valence-electron chi connectivity index (χ0n) is 10.5. The third kappa shape index (κ3) is 2.18. The minimum atomic E-state index is -2.95. The van der Waals surface area contributed by atoms with Gasteiger partial charge in [0.25, 0.3) is 0 Å². The molecule has 0 aromatic carbocycles. The van der Waals surface area contributed by atoms with Crippen LogP contribution in [0, 0.1) is 0 Å². The fourth-order valence-corrected chi connectivity index (χ4v) is 4.40. The number of rotatable bonds is 2. The van der Waals surface area contributed by atoms with Crippen molar-refractivity contribution in [3.05, 3.63) is 11.8 Å². The van der Waals surface area contributed by atoms with Crippen molar-refractivity contribution in [2.75, 3.05) is 17.2 Å². The Morgan fingerprint density at radius 1 is 1.53 bits per heavy atom. The molecule has 0 bridgehead atoms. The van der Waals surface area contributed by atoms with Crippen molar-refractivity contribution >= 4 is 15.7 Å². The topological polar surface area (TPSA) is 78.0 Å². The molecule has 0 amide bonds. The lowest BCUT2D eigenvalue weighted by Crippen LogP contribution is -2.33. The maximum atomic E-state index is 11.6. The van der Waals surface area contributed by atoms with E-state index in [1.54, 1.807) is 4.68 Å². The quantitative estimate of drug-likeness (QED) is 0.861. The van der Waals surface area contributed by atoms with E-state index in [2.05, 4.69) is 5.10 Å². The van der Waals surface area contributed by atoms with Gasteiger partial charge in [-0.2, -0.15) is 5.10 Å². The van der Waals surface area contributed by atoms with Crippen LogP contribution in [-0.4, -0.2) is 29.7 Å². The molecule has 1 aromatic heterocycles. The molecule has 1 aliphatic heterocycles. The molecule has 1 atom stereocenters. The molecule has 1 fully saturated rings. The van der Waals surface area contributed by atoms with Gasteiger partial charge in [-0.05, 0) is 19.3 Å². The first-order chi connectivity index (χ1) is 7.73. The average molecular weight is 257 g/mol. The van der Waals surface area contributed by atoms with Gasteiger partial charge in [0.2, 0.25) is 0 Å². The van der Waals surface area contributed by atoms with Crippen LogP contribution >= 0.6 is 0 Å². The lowest BCUT2D eigenvalue weighted by Gasteiger charge is -2.24. The van der Waals surface area contributed by atoms with Crippen LogP contribution in [0.5, 0.6) is 0 Å². The third-order valence-electron chi connectivity index (χ3n) is 3.34. The van der Waals surface area contributed by atoms with E-state index >= 15 is 0 Å². The van der Waals surface area contributed by atoms with E-state index in [-0.39, 0.29) is 11.5 Å². The summed E-state index contributed by atoms with van der Waals surface area (Å²) in [7, 11) is -2.95. The summed E-state index contributed by atoms with van der Waals surface area (Å²) in [6.45, 7) is 5.99. The van der Waals surface area contributed by atoms with E-state index in [4.69, 9.17) is 5.73 Å². The highest BCUT2D eigenvalue weighted by molar-refractivity contribution is 7.91. The Bertz CT molecular complexity index is 533. The molecule has 17 heavy (non-hydrogen) atoms. The molecule has 0 saturated carbocycles. The summed E-state index contributed by atoms with van der Waals surface area (Å²) in [5, 5.41) is 4.46. The molecule has 6 heteroatoms. The summed E-state index contributed by atoms with van der Waals surface area (Å²) >= 11 is 0.